The lowest BCUT2D eigenvalue weighted by Gasteiger charge is -2.21. The highest BCUT2D eigenvalue weighted by molar-refractivity contribution is 6.34. The third-order valence-corrected chi connectivity index (χ3v) is 3.38. The van der Waals surface area contributed by atoms with Gasteiger partial charge in [-0.25, -0.2) is 0 Å². The number of Topliss-reactive ketones (excluding diaryl/α,β-unsaturated/α-hetero) is 1. The molecule has 0 saturated carbocycles. The van der Waals surface area contributed by atoms with E-state index in [0.29, 0.717) is 10.6 Å². The molecule has 1 aromatic carbocycles. The SMILES string of the molecule is Cc1cccc(Cl)c1C(=O)C(C)(C)CCl. The van der Waals surface area contributed by atoms with Gasteiger partial charge in [-0.05, 0) is 18.6 Å². The summed E-state index contributed by atoms with van der Waals surface area (Å²) in [5.74, 6) is 0.289. The van der Waals surface area contributed by atoms with Crippen LogP contribution in [0.25, 0.3) is 0 Å². The molecule has 0 N–H and O–H groups in total. The first kappa shape index (κ1) is 12.5. The maximum Gasteiger partial charge on any atom is 0.171 e. The number of rotatable bonds is 3. The number of carbonyl (C=O) groups excluding carboxylic acids is 1. The lowest BCUT2D eigenvalue weighted by molar-refractivity contribution is 0.0861. The highest BCUT2D eigenvalue weighted by Crippen LogP contribution is 2.29. The molecule has 0 aliphatic rings. The summed E-state index contributed by atoms with van der Waals surface area (Å²) in [6.45, 7) is 5.53. The molecule has 1 rings (SSSR count). The molecule has 3 heteroatoms. The van der Waals surface area contributed by atoms with Crippen molar-refractivity contribution >= 4 is 29.0 Å². The number of alkyl halides is 1. The van der Waals surface area contributed by atoms with Gasteiger partial charge in [-0.1, -0.05) is 37.6 Å². The lowest BCUT2D eigenvalue weighted by Crippen LogP contribution is -2.27. The zero-order valence-corrected chi connectivity index (χ0v) is 10.6. The Labute approximate surface area is 100 Å². The lowest BCUT2D eigenvalue weighted by atomic mass is 9.84. The molecule has 0 bridgehead atoms. The van der Waals surface area contributed by atoms with E-state index in [1.807, 2.05) is 32.9 Å². The van der Waals surface area contributed by atoms with Crippen molar-refractivity contribution in [1.82, 2.24) is 0 Å². The van der Waals surface area contributed by atoms with Crippen molar-refractivity contribution < 1.29 is 4.79 Å². The second-order valence-electron chi connectivity index (χ2n) is 4.28. The van der Waals surface area contributed by atoms with Crippen LogP contribution in [0.15, 0.2) is 18.2 Å². The number of hydrogen-bond donors (Lipinski definition) is 0. The molecular weight excluding hydrogens is 231 g/mol. The van der Waals surface area contributed by atoms with Crippen LogP contribution in [0.3, 0.4) is 0 Å². The quantitative estimate of drug-likeness (QED) is 0.578. The van der Waals surface area contributed by atoms with Crippen molar-refractivity contribution in [2.45, 2.75) is 20.8 Å². The minimum absolute atomic E-state index is 0.000556. The van der Waals surface area contributed by atoms with Crippen LogP contribution in [0.1, 0.15) is 29.8 Å². The predicted octanol–water partition coefficient (Wildman–Crippen LogP) is 4.10. The molecule has 0 saturated heterocycles. The molecule has 0 spiro atoms. The Hall–Kier alpha value is -0.530. The standard InChI is InChI=1S/C12H14Cl2O/c1-8-5-4-6-9(14)10(8)11(15)12(2,3)7-13/h4-6H,7H2,1-3H3. The summed E-state index contributed by atoms with van der Waals surface area (Å²) in [5, 5.41) is 0.498. The van der Waals surface area contributed by atoms with Gasteiger partial charge in [0.25, 0.3) is 0 Å². The molecule has 0 atom stereocenters. The topological polar surface area (TPSA) is 17.1 Å². The predicted molar refractivity (Wildman–Crippen MR) is 65.0 cm³/mol. The van der Waals surface area contributed by atoms with E-state index in [4.69, 9.17) is 23.2 Å². The molecular formula is C12H14Cl2O. The van der Waals surface area contributed by atoms with Gasteiger partial charge in [0, 0.05) is 16.9 Å². The Morgan fingerprint density at radius 1 is 1.40 bits per heavy atom. The van der Waals surface area contributed by atoms with Crippen LogP contribution < -0.4 is 0 Å². The third-order valence-electron chi connectivity index (χ3n) is 2.40. The zero-order valence-electron chi connectivity index (χ0n) is 9.10. The number of halogens is 2. The number of benzene rings is 1. The summed E-state index contributed by atoms with van der Waals surface area (Å²) in [6, 6.07) is 5.44. The van der Waals surface area contributed by atoms with E-state index in [1.165, 1.54) is 0 Å². The van der Waals surface area contributed by atoms with Gasteiger partial charge in [0.15, 0.2) is 5.78 Å². The van der Waals surface area contributed by atoms with Gasteiger partial charge in [0.05, 0.1) is 5.02 Å². The fraction of sp³-hybridized carbons (Fsp3) is 0.417. The second-order valence-corrected chi connectivity index (χ2v) is 4.95. The maximum atomic E-state index is 12.2. The summed E-state index contributed by atoms with van der Waals surface area (Å²) in [4.78, 5) is 12.2. The maximum absolute atomic E-state index is 12.2. The average Bonchev–Trinajstić information content (AvgIpc) is 2.17. The van der Waals surface area contributed by atoms with Gasteiger partial charge >= 0.3 is 0 Å². The van der Waals surface area contributed by atoms with E-state index in [0.717, 1.165) is 5.56 Å². The van der Waals surface area contributed by atoms with E-state index in [1.54, 1.807) is 6.07 Å². The molecule has 0 radical (unpaired) electrons. The molecule has 82 valence electrons. The molecule has 0 aliphatic carbocycles. The Bertz CT molecular complexity index is 363. The first-order chi connectivity index (χ1) is 6.90. The second kappa shape index (κ2) is 4.54. The van der Waals surface area contributed by atoms with Crippen LogP contribution in [0.5, 0.6) is 0 Å². The molecule has 15 heavy (non-hydrogen) atoms. The fourth-order valence-electron chi connectivity index (χ4n) is 1.32. The number of aryl methyl sites for hydroxylation is 1. The van der Waals surface area contributed by atoms with Gasteiger partial charge < -0.3 is 0 Å². The summed E-state index contributed by atoms with van der Waals surface area (Å²) in [7, 11) is 0. The molecule has 0 aliphatic heterocycles. The van der Waals surface area contributed by atoms with Crippen molar-refractivity contribution in [3.8, 4) is 0 Å². The first-order valence-electron chi connectivity index (χ1n) is 4.76. The normalized spacial score (nSPS) is 11.5. The van der Waals surface area contributed by atoms with Crippen molar-refractivity contribution in [2.75, 3.05) is 5.88 Å². The first-order valence-corrected chi connectivity index (χ1v) is 5.67. The van der Waals surface area contributed by atoms with E-state index in [9.17, 15) is 4.79 Å². The zero-order chi connectivity index (χ0) is 11.6. The van der Waals surface area contributed by atoms with Gasteiger partial charge in [-0.15, -0.1) is 11.6 Å². The smallest absolute Gasteiger partial charge is 0.171 e. The molecule has 0 heterocycles. The van der Waals surface area contributed by atoms with Crippen LogP contribution in [0, 0.1) is 12.3 Å². The van der Waals surface area contributed by atoms with E-state index in [2.05, 4.69) is 0 Å². The number of hydrogen-bond acceptors (Lipinski definition) is 1. The highest BCUT2D eigenvalue weighted by atomic mass is 35.5. The fourth-order valence-corrected chi connectivity index (χ4v) is 1.75. The number of carbonyl (C=O) groups is 1. The van der Waals surface area contributed by atoms with Crippen LogP contribution >= 0.6 is 23.2 Å². The Morgan fingerprint density at radius 2 is 2.00 bits per heavy atom. The van der Waals surface area contributed by atoms with Gasteiger partial charge in [-0.2, -0.15) is 0 Å². The molecule has 0 aromatic heterocycles. The van der Waals surface area contributed by atoms with Crippen LogP contribution in [-0.4, -0.2) is 11.7 Å². The van der Waals surface area contributed by atoms with Gasteiger partial charge in [0.1, 0.15) is 0 Å². The molecule has 0 amide bonds. The summed E-state index contributed by atoms with van der Waals surface area (Å²) < 4.78 is 0. The van der Waals surface area contributed by atoms with Crippen LogP contribution in [0.4, 0.5) is 0 Å². The van der Waals surface area contributed by atoms with Crippen molar-refractivity contribution in [2.24, 2.45) is 5.41 Å². The largest absolute Gasteiger partial charge is 0.293 e. The molecule has 0 fully saturated rings. The Balaban J connectivity index is 3.23. The van der Waals surface area contributed by atoms with Crippen molar-refractivity contribution in [3.05, 3.63) is 34.3 Å². The Morgan fingerprint density at radius 3 is 2.47 bits per heavy atom. The average molecular weight is 245 g/mol. The third kappa shape index (κ3) is 2.53. The van der Waals surface area contributed by atoms with Crippen LogP contribution in [-0.2, 0) is 0 Å². The van der Waals surface area contributed by atoms with E-state index >= 15 is 0 Å². The monoisotopic (exact) mass is 244 g/mol. The summed E-state index contributed by atoms with van der Waals surface area (Å²) >= 11 is 11.8. The number of ketones is 1. The highest BCUT2D eigenvalue weighted by Gasteiger charge is 2.29. The van der Waals surface area contributed by atoms with Crippen LogP contribution in [0.2, 0.25) is 5.02 Å². The van der Waals surface area contributed by atoms with Gasteiger partial charge in [0.2, 0.25) is 0 Å². The van der Waals surface area contributed by atoms with Crippen molar-refractivity contribution in [1.29, 1.82) is 0 Å². The molecule has 1 nitrogen and oxygen atoms in total. The van der Waals surface area contributed by atoms with Gasteiger partial charge in [-0.3, -0.25) is 4.79 Å². The Kier molecular flexibility index (Phi) is 3.80. The molecule has 0 unspecified atom stereocenters. The van der Waals surface area contributed by atoms with Crippen molar-refractivity contribution in [3.63, 3.8) is 0 Å². The molecule has 1 aromatic rings. The summed E-state index contributed by atoms with van der Waals surface area (Å²) in [5.41, 5.74) is 0.910. The summed E-state index contributed by atoms with van der Waals surface area (Å²) in [6.07, 6.45) is 0. The van der Waals surface area contributed by atoms with E-state index < -0.39 is 5.41 Å². The van der Waals surface area contributed by atoms with E-state index in [-0.39, 0.29) is 11.7 Å². The minimum atomic E-state index is -0.572. The minimum Gasteiger partial charge on any atom is -0.293 e.